The second-order valence-corrected chi connectivity index (χ2v) is 11.7. The van der Waals surface area contributed by atoms with Crippen molar-refractivity contribution in [3.8, 4) is 28.3 Å². The van der Waals surface area contributed by atoms with Gasteiger partial charge in [0.05, 0.1) is 47.8 Å². The molecule has 11 heteroatoms. The molecule has 0 spiro atoms. The van der Waals surface area contributed by atoms with Gasteiger partial charge in [-0.2, -0.15) is 0 Å². The fraction of sp³-hybridized carbons (Fsp3) is 0.400. The zero-order valence-electron chi connectivity index (χ0n) is 24.1. The lowest BCUT2D eigenvalue weighted by Gasteiger charge is -2.30. The Bertz CT molecular complexity index is 1400. The van der Waals surface area contributed by atoms with Gasteiger partial charge in [0.15, 0.2) is 0 Å². The number of amides is 1. The van der Waals surface area contributed by atoms with Crippen LogP contribution in [0.25, 0.3) is 22.5 Å². The number of hydrogen-bond acceptors (Lipinski definition) is 7. The highest BCUT2D eigenvalue weighted by atomic mass is 35.5. The van der Waals surface area contributed by atoms with Crippen molar-refractivity contribution in [1.29, 1.82) is 0 Å². The molecule has 0 aliphatic rings. The second kappa shape index (κ2) is 14.1. The Kier molecular flexibility index (Phi) is 11.1. The number of benzene rings is 1. The number of halogens is 3. The number of nitrogens with one attached hydrogen (secondary N) is 1. The fourth-order valence-corrected chi connectivity index (χ4v) is 4.42. The van der Waals surface area contributed by atoms with Gasteiger partial charge < -0.3 is 19.7 Å². The van der Waals surface area contributed by atoms with E-state index in [1.165, 1.54) is 13.2 Å². The Morgan fingerprint density at radius 3 is 2.44 bits per heavy atom. The molecule has 2 heterocycles. The average molecular weight is 606 g/mol. The van der Waals surface area contributed by atoms with E-state index in [9.17, 15) is 14.0 Å². The molecule has 0 saturated carbocycles. The van der Waals surface area contributed by atoms with E-state index in [2.05, 4.69) is 20.2 Å². The quantitative estimate of drug-likeness (QED) is 0.203. The highest BCUT2D eigenvalue weighted by Crippen LogP contribution is 2.37. The Morgan fingerprint density at radius 2 is 1.80 bits per heavy atom. The molecule has 1 atom stereocenters. The van der Waals surface area contributed by atoms with E-state index < -0.39 is 29.2 Å². The SMILES string of the molecule is COC(=O)C[C@H](NC(=O)c1ccc(-c2ncc(F)cc2Cl)c(-c2ccc(Cl)c(OCCCN(C)C)c2)n1)C(C)(C)C. The molecule has 0 saturated heterocycles. The summed E-state index contributed by atoms with van der Waals surface area (Å²) in [5.41, 5.74) is 1.40. The summed E-state index contributed by atoms with van der Waals surface area (Å²) in [5, 5.41) is 3.42. The van der Waals surface area contributed by atoms with Crippen LogP contribution < -0.4 is 10.1 Å². The second-order valence-electron chi connectivity index (χ2n) is 10.9. The maximum atomic E-state index is 13.8. The van der Waals surface area contributed by atoms with Crippen LogP contribution in [0.15, 0.2) is 42.6 Å². The van der Waals surface area contributed by atoms with Gasteiger partial charge in [-0.3, -0.25) is 14.6 Å². The van der Waals surface area contributed by atoms with Crippen molar-refractivity contribution in [3.63, 3.8) is 0 Å². The zero-order chi connectivity index (χ0) is 30.3. The van der Waals surface area contributed by atoms with Crippen LogP contribution >= 0.6 is 23.2 Å². The van der Waals surface area contributed by atoms with Gasteiger partial charge in [0, 0.05) is 23.7 Å². The molecule has 220 valence electrons. The minimum atomic E-state index is -0.581. The monoisotopic (exact) mass is 604 g/mol. The van der Waals surface area contributed by atoms with Crippen LogP contribution in [0.2, 0.25) is 10.0 Å². The van der Waals surface area contributed by atoms with Crippen molar-refractivity contribution in [2.45, 2.75) is 39.7 Å². The molecule has 0 radical (unpaired) electrons. The molecule has 2 aromatic heterocycles. The van der Waals surface area contributed by atoms with Crippen LogP contribution in [0, 0.1) is 11.2 Å². The van der Waals surface area contributed by atoms with Crippen LogP contribution in [-0.4, -0.2) is 67.1 Å². The number of carbonyl (C=O) groups is 2. The third-order valence-electron chi connectivity index (χ3n) is 6.35. The molecule has 0 unspecified atom stereocenters. The summed E-state index contributed by atoms with van der Waals surface area (Å²) >= 11 is 12.8. The van der Waals surface area contributed by atoms with E-state index in [0.717, 1.165) is 25.2 Å². The largest absolute Gasteiger partial charge is 0.492 e. The van der Waals surface area contributed by atoms with Crippen LogP contribution in [0.4, 0.5) is 4.39 Å². The molecular formula is C30H35Cl2FN4O4. The number of pyridine rings is 2. The number of methoxy groups -OCH3 is 1. The fourth-order valence-electron chi connectivity index (χ4n) is 3.99. The van der Waals surface area contributed by atoms with Crippen molar-refractivity contribution in [2.75, 3.05) is 34.4 Å². The van der Waals surface area contributed by atoms with Gasteiger partial charge in [-0.1, -0.05) is 50.0 Å². The van der Waals surface area contributed by atoms with E-state index in [1.54, 1.807) is 24.3 Å². The Morgan fingerprint density at radius 1 is 1.07 bits per heavy atom. The minimum Gasteiger partial charge on any atom is -0.492 e. The Labute approximate surface area is 250 Å². The minimum absolute atomic E-state index is 0.00249. The van der Waals surface area contributed by atoms with Gasteiger partial charge in [-0.15, -0.1) is 0 Å². The lowest BCUT2D eigenvalue weighted by molar-refractivity contribution is -0.141. The van der Waals surface area contributed by atoms with Crippen molar-refractivity contribution in [2.24, 2.45) is 5.41 Å². The average Bonchev–Trinajstić information content (AvgIpc) is 2.90. The Hall–Kier alpha value is -3.27. The summed E-state index contributed by atoms with van der Waals surface area (Å²) < 4.78 is 24.6. The molecule has 1 aromatic carbocycles. The van der Waals surface area contributed by atoms with E-state index in [0.29, 0.717) is 39.9 Å². The molecular weight excluding hydrogens is 570 g/mol. The summed E-state index contributed by atoms with van der Waals surface area (Å²) in [5.74, 6) is -1.04. The third-order valence-corrected chi connectivity index (χ3v) is 6.95. The number of esters is 1. The predicted molar refractivity (Wildman–Crippen MR) is 159 cm³/mol. The molecule has 8 nitrogen and oxygen atoms in total. The summed E-state index contributed by atoms with van der Waals surface area (Å²) in [6.45, 7) is 7.04. The Balaban J connectivity index is 2.06. The number of hydrogen-bond donors (Lipinski definition) is 1. The van der Waals surface area contributed by atoms with Crippen molar-refractivity contribution in [3.05, 3.63) is 64.2 Å². The number of rotatable bonds is 11. The van der Waals surface area contributed by atoms with Gasteiger partial charge in [0.2, 0.25) is 0 Å². The van der Waals surface area contributed by atoms with Crippen LogP contribution in [0.1, 0.15) is 44.1 Å². The van der Waals surface area contributed by atoms with E-state index in [1.807, 2.05) is 34.9 Å². The molecule has 3 aromatic rings. The zero-order valence-corrected chi connectivity index (χ0v) is 25.6. The first-order valence-electron chi connectivity index (χ1n) is 13.1. The number of nitrogens with zero attached hydrogens (tertiary/aromatic N) is 3. The standard InChI is InChI=1S/C30H35Cl2FN4O4/c1-30(2,3)25(16-26(38)40-6)36-29(39)23-11-9-20(28-22(32)15-19(33)17-34-28)27(35-23)18-8-10-21(31)24(14-18)41-13-7-12-37(4)5/h8-11,14-15,17,25H,7,12-13,16H2,1-6H3,(H,36,39)/t25-/m0/s1. The molecule has 0 aliphatic heterocycles. The van der Waals surface area contributed by atoms with Crippen molar-refractivity contribution >= 4 is 35.1 Å². The van der Waals surface area contributed by atoms with Crippen LogP contribution in [0.3, 0.4) is 0 Å². The van der Waals surface area contributed by atoms with E-state index >= 15 is 0 Å². The normalized spacial score (nSPS) is 12.2. The predicted octanol–water partition coefficient (Wildman–Crippen LogP) is 6.29. The van der Waals surface area contributed by atoms with Gasteiger partial charge in [0.25, 0.3) is 5.91 Å². The van der Waals surface area contributed by atoms with Gasteiger partial charge in [0.1, 0.15) is 17.3 Å². The topological polar surface area (TPSA) is 93.6 Å². The highest BCUT2D eigenvalue weighted by Gasteiger charge is 2.30. The number of ether oxygens (including phenoxy) is 2. The first kappa shape index (κ1) is 32.2. The lowest BCUT2D eigenvalue weighted by atomic mass is 9.84. The first-order chi connectivity index (χ1) is 19.3. The molecule has 41 heavy (non-hydrogen) atoms. The molecule has 1 amide bonds. The molecule has 0 aliphatic carbocycles. The molecule has 3 rings (SSSR count). The lowest BCUT2D eigenvalue weighted by Crippen LogP contribution is -2.45. The molecule has 0 bridgehead atoms. The maximum Gasteiger partial charge on any atom is 0.307 e. The first-order valence-corrected chi connectivity index (χ1v) is 13.8. The smallest absolute Gasteiger partial charge is 0.307 e. The number of aromatic nitrogens is 2. The van der Waals surface area contributed by atoms with E-state index in [4.69, 9.17) is 32.7 Å². The van der Waals surface area contributed by atoms with Gasteiger partial charge in [-0.05, 0) is 56.3 Å². The van der Waals surface area contributed by atoms with Gasteiger partial charge in [-0.25, -0.2) is 9.37 Å². The highest BCUT2D eigenvalue weighted by molar-refractivity contribution is 6.33. The van der Waals surface area contributed by atoms with Crippen LogP contribution in [-0.2, 0) is 9.53 Å². The summed E-state index contributed by atoms with van der Waals surface area (Å²) in [4.78, 5) is 36.3. The molecule has 0 fully saturated rings. The van der Waals surface area contributed by atoms with Gasteiger partial charge >= 0.3 is 5.97 Å². The third kappa shape index (κ3) is 8.86. The summed E-state index contributed by atoms with van der Waals surface area (Å²) in [6, 6.07) is 8.99. The summed E-state index contributed by atoms with van der Waals surface area (Å²) in [6.07, 6.45) is 1.85. The van der Waals surface area contributed by atoms with Crippen molar-refractivity contribution < 1.29 is 23.5 Å². The van der Waals surface area contributed by atoms with E-state index in [-0.39, 0.29) is 17.1 Å². The van der Waals surface area contributed by atoms with Crippen molar-refractivity contribution in [1.82, 2.24) is 20.2 Å². The van der Waals surface area contributed by atoms with Crippen LogP contribution in [0.5, 0.6) is 5.75 Å². The number of carbonyl (C=O) groups excluding carboxylic acids is 2. The maximum absolute atomic E-state index is 13.8. The summed E-state index contributed by atoms with van der Waals surface area (Å²) in [7, 11) is 5.27. The molecule has 1 N–H and O–H groups in total.